The van der Waals surface area contributed by atoms with Gasteiger partial charge in [-0.05, 0) is 0 Å². The van der Waals surface area contributed by atoms with E-state index in [1.54, 1.807) is 11.9 Å². The summed E-state index contributed by atoms with van der Waals surface area (Å²) in [6.45, 7) is 0.501. The molecule has 0 atom stereocenters. The Kier molecular flexibility index (Phi) is 3.79. The number of nitrogens with zero attached hydrogens (tertiary/aromatic N) is 8. The van der Waals surface area contributed by atoms with Crippen molar-refractivity contribution in [3.8, 4) is 12.0 Å². The molecule has 0 aliphatic carbocycles. The quantitative estimate of drug-likeness (QED) is 0.517. The number of nitrogens with two attached hydrogens (primary N) is 1. The zero-order valence-electron chi connectivity index (χ0n) is 10.2. The fourth-order valence-corrected chi connectivity index (χ4v) is 1.32. The molecule has 0 unspecified atom stereocenters. The Labute approximate surface area is 108 Å². The predicted molar refractivity (Wildman–Crippen MR) is 66.1 cm³/mol. The molecule has 10 heteroatoms. The highest BCUT2D eigenvalue weighted by atomic mass is 15.4. The normalized spacial score (nSPS) is 9.95. The number of nitrogens with one attached hydrogen (secondary N) is 1. The van der Waals surface area contributed by atoms with Crippen LogP contribution in [0.5, 0.6) is 0 Å². The smallest absolute Gasteiger partial charge is 0.258 e. The van der Waals surface area contributed by atoms with Crippen molar-refractivity contribution in [2.24, 2.45) is 5.84 Å². The molecule has 0 saturated heterocycles. The summed E-state index contributed by atoms with van der Waals surface area (Å²) in [5.41, 5.74) is 2.37. The third-order valence-electron chi connectivity index (χ3n) is 2.27. The molecule has 2 rings (SSSR count). The van der Waals surface area contributed by atoms with Gasteiger partial charge in [0, 0.05) is 13.6 Å². The molecule has 10 nitrogen and oxygen atoms in total. The van der Waals surface area contributed by atoms with E-state index < -0.39 is 0 Å². The molecule has 0 fully saturated rings. The number of hydrogen-bond donors (Lipinski definition) is 2. The summed E-state index contributed by atoms with van der Waals surface area (Å²) in [7, 11) is 1.78. The topological polar surface area (TPSA) is 134 Å². The van der Waals surface area contributed by atoms with Crippen LogP contribution in [0.2, 0.25) is 0 Å². The van der Waals surface area contributed by atoms with Gasteiger partial charge in [-0.25, -0.2) is 10.8 Å². The molecule has 0 aromatic carbocycles. The van der Waals surface area contributed by atoms with Crippen LogP contribution < -0.4 is 16.2 Å². The molecule has 0 saturated carbocycles. The van der Waals surface area contributed by atoms with Gasteiger partial charge >= 0.3 is 0 Å². The monoisotopic (exact) mass is 260 g/mol. The predicted octanol–water partition coefficient (Wildman–Crippen LogP) is -0.912. The molecule has 2 aromatic rings. The van der Waals surface area contributed by atoms with Gasteiger partial charge in [0.15, 0.2) is 0 Å². The number of nitrogen functional groups attached to an aromatic ring is 1. The number of hydrazine groups is 1. The van der Waals surface area contributed by atoms with Crippen molar-refractivity contribution < 1.29 is 0 Å². The minimum atomic E-state index is 0.208. The molecule has 3 N–H and O–H groups in total. The fraction of sp³-hybridized carbons (Fsp3) is 0.333. The van der Waals surface area contributed by atoms with Gasteiger partial charge in [-0.1, -0.05) is 0 Å². The molecular formula is C9H12N10. The number of hydrogen-bond acceptors (Lipinski definition) is 9. The molecule has 0 spiro atoms. The molecule has 0 aliphatic heterocycles. The van der Waals surface area contributed by atoms with Crippen LogP contribution in [0.3, 0.4) is 0 Å². The van der Waals surface area contributed by atoms with Crippen molar-refractivity contribution in [3.05, 3.63) is 12.7 Å². The first-order valence-electron chi connectivity index (χ1n) is 5.40. The summed E-state index contributed by atoms with van der Waals surface area (Å²) in [4.78, 5) is 18.0. The second-order valence-corrected chi connectivity index (χ2v) is 3.57. The molecule has 0 radical (unpaired) electrons. The van der Waals surface area contributed by atoms with Gasteiger partial charge in [0.1, 0.15) is 12.7 Å². The Morgan fingerprint density at radius 1 is 1.47 bits per heavy atom. The van der Waals surface area contributed by atoms with E-state index in [9.17, 15) is 0 Å². The van der Waals surface area contributed by atoms with Gasteiger partial charge < -0.3 is 4.90 Å². The van der Waals surface area contributed by atoms with Gasteiger partial charge in [0.05, 0.1) is 12.5 Å². The van der Waals surface area contributed by atoms with E-state index in [1.807, 2.05) is 0 Å². The lowest BCUT2D eigenvalue weighted by Gasteiger charge is -2.16. The van der Waals surface area contributed by atoms with E-state index in [0.29, 0.717) is 24.9 Å². The van der Waals surface area contributed by atoms with Crippen LogP contribution in [-0.2, 0) is 0 Å². The van der Waals surface area contributed by atoms with E-state index >= 15 is 0 Å². The number of anilines is 2. The van der Waals surface area contributed by atoms with Gasteiger partial charge in [-0.3, -0.25) is 5.43 Å². The first-order chi connectivity index (χ1) is 9.24. The summed E-state index contributed by atoms with van der Waals surface area (Å²) in [5.74, 6) is 6.21. The van der Waals surface area contributed by atoms with Crippen molar-refractivity contribution in [1.29, 1.82) is 5.26 Å². The molecule has 19 heavy (non-hydrogen) atoms. The lowest BCUT2D eigenvalue weighted by atomic mass is 10.4. The summed E-state index contributed by atoms with van der Waals surface area (Å²) in [6, 6.07) is 2.06. The van der Waals surface area contributed by atoms with E-state index in [2.05, 4.69) is 36.5 Å². The van der Waals surface area contributed by atoms with Crippen LogP contribution >= 0.6 is 0 Å². The standard InChI is InChI=1S/C9H12N10/c1-18(4-2-3-10)8-14-7(17-11)15-9(16-8)19-6-12-5-13-19/h5-6H,2,4,11H2,1H3,(H,14,15,16,17). The Morgan fingerprint density at radius 2 is 2.32 bits per heavy atom. The van der Waals surface area contributed by atoms with Gasteiger partial charge in [0.2, 0.25) is 11.9 Å². The van der Waals surface area contributed by atoms with Crippen LogP contribution in [0.1, 0.15) is 6.42 Å². The highest BCUT2D eigenvalue weighted by Gasteiger charge is 2.11. The van der Waals surface area contributed by atoms with E-state index in [4.69, 9.17) is 11.1 Å². The van der Waals surface area contributed by atoms with Gasteiger partial charge in [-0.15, -0.1) is 0 Å². The average molecular weight is 260 g/mol. The number of aromatic nitrogens is 6. The lowest BCUT2D eigenvalue weighted by molar-refractivity contribution is 0.773. The third-order valence-corrected chi connectivity index (χ3v) is 2.27. The van der Waals surface area contributed by atoms with Crippen LogP contribution in [0.4, 0.5) is 11.9 Å². The van der Waals surface area contributed by atoms with Crippen molar-refractivity contribution in [2.75, 3.05) is 23.9 Å². The van der Waals surface area contributed by atoms with Crippen LogP contribution in [0.25, 0.3) is 5.95 Å². The molecular weight excluding hydrogens is 248 g/mol. The minimum absolute atomic E-state index is 0.208. The number of nitriles is 1. The third kappa shape index (κ3) is 2.90. The highest BCUT2D eigenvalue weighted by Crippen LogP contribution is 2.11. The van der Waals surface area contributed by atoms with Crippen molar-refractivity contribution >= 4 is 11.9 Å². The maximum atomic E-state index is 8.58. The molecule has 2 aromatic heterocycles. The Morgan fingerprint density at radius 3 is 2.95 bits per heavy atom. The molecule has 0 aliphatic rings. The zero-order chi connectivity index (χ0) is 13.7. The highest BCUT2D eigenvalue weighted by molar-refractivity contribution is 5.38. The fourth-order valence-electron chi connectivity index (χ4n) is 1.32. The summed E-state index contributed by atoms with van der Waals surface area (Å²) in [6.07, 6.45) is 3.21. The summed E-state index contributed by atoms with van der Waals surface area (Å²) >= 11 is 0. The molecule has 2 heterocycles. The maximum Gasteiger partial charge on any atom is 0.258 e. The molecule has 0 amide bonds. The SMILES string of the molecule is CN(CCC#N)c1nc(NN)nc(-n2cncn2)n1. The second kappa shape index (κ2) is 5.69. The average Bonchev–Trinajstić information content (AvgIpc) is 2.98. The van der Waals surface area contributed by atoms with E-state index in [1.165, 1.54) is 17.3 Å². The van der Waals surface area contributed by atoms with Gasteiger partial charge in [0.25, 0.3) is 5.95 Å². The Bertz CT molecular complexity index is 571. The molecule has 98 valence electrons. The van der Waals surface area contributed by atoms with Crippen LogP contribution in [-0.4, -0.2) is 43.3 Å². The zero-order valence-corrected chi connectivity index (χ0v) is 10.2. The Balaban J connectivity index is 2.34. The van der Waals surface area contributed by atoms with Gasteiger partial charge in [-0.2, -0.15) is 30.0 Å². The van der Waals surface area contributed by atoms with Crippen molar-refractivity contribution in [3.63, 3.8) is 0 Å². The minimum Gasteiger partial charge on any atom is -0.343 e. The first kappa shape index (κ1) is 12.7. The second-order valence-electron chi connectivity index (χ2n) is 3.57. The van der Waals surface area contributed by atoms with Crippen LogP contribution in [0, 0.1) is 11.3 Å². The summed E-state index contributed by atoms with van der Waals surface area (Å²) < 4.78 is 1.39. The van der Waals surface area contributed by atoms with Crippen molar-refractivity contribution in [1.82, 2.24) is 29.7 Å². The maximum absolute atomic E-state index is 8.58. The summed E-state index contributed by atoms with van der Waals surface area (Å²) in [5, 5.41) is 12.5. The van der Waals surface area contributed by atoms with E-state index in [-0.39, 0.29) is 5.95 Å². The molecule has 0 bridgehead atoms. The van der Waals surface area contributed by atoms with E-state index in [0.717, 1.165) is 0 Å². The van der Waals surface area contributed by atoms with Crippen LogP contribution in [0.15, 0.2) is 12.7 Å². The Hall–Kier alpha value is -2.80. The van der Waals surface area contributed by atoms with Crippen molar-refractivity contribution in [2.45, 2.75) is 6.42 Å². The lowest BCUT2D eigenvalue weighted by Crippen LogP contribution is -2.23. The first-order valence-corrected chi connectivity index (χ1v) is 5.40. The number of rotatable bonds is 5. The largest absolute Gasteiger partial charge is 0.343 e.